The van der Waals surface area contributed by atoms with Gasteiger partial charge in [0.25, 0.3) is 0 Å². The predicted molar refractivity (Wildman–Crippen MR) is 50.5 cm³/mol. The number of carbonyl (C=O) groups excluding carboxylic acids is 1. The zero-order valence-corrected chi connectivity index (χ0v) is 8.38. The summed E-state index contributed by atoms with van der Waals surface area (Å²) in [4.78, 5) is 13.7. The molecule has 2 fully saturated rings. The normalized spacial score (nSPS) is 38.5. The summed E-state index contributed by atoms with van der Waals surface area (Å²) in [6.07, 6.45) is 3.71. The fourth-order valence-electron chi connectivity index (χ4n) is 2.76. The Balaban J connectivity index is 0.000000845. The molecular formula is C10H18FNO. The van der Waals surface area contributed by atoms with E-state index in [9.17, 15) is 4.79 Å². The molecule has 0 aromatic rings. The highest BCUT2D eigenvalue weighted by atomic mass is 19.0. The standard InChI is InChI=1S/C10H17NO.FH/c1-8(12)9-6-10(2)4-3-5-11(10)7-9;/h9H,3-7H2,1-2H3;1H/t9?,10-;/m0./s1. The molecule has 2 saturated heterocycles. The van der Waals surface area contributed by atoms with E-state index >= 15 is 0 Å². The van der Waals surface area contributed by atoms with Gasteiger partial charge in [-0.1, -0.05) is 0 Å². The van der Waals surface area contributed by atoms with E-state index in [4.69, 9.17) is 0 Å². The van der Waals surface area contributed by atoms with E-state index in [-0.39, 0.29) is 4.70 Å². The number of hydrogen-bond donors (Lipinski definition) is 0. The monoisotopic (exact) mass is 187 g/mol. The van der Waals surface area contributed by atoms with Crippen LogP contribution in [0.25, 0.3) is 0 Å². The van der Waals surface area contributed by atoms with Crippen LogP contribution >= 0.6 is 0 Å². The summed E-state index contributed by atoms with van der Waals surface area (Å²) in [7, 11) is 0. The van der Waals surface area contributed by atoms with Crippen LogP contribution < -0.4 is 0 Å². The maximum absolute atomic E-state index is 11.2. The molecule has 0 saturated carbocycles. The van der Waals surface area contributed by atoms with Crippen LogP contribution in [0.4, 0.5) is 4.70 Å². The van der Waals surface area contributed by atoms with Gasteiger partial charge in [0.1, 0.15) is 5.78 Å². The van der Waals surface area contributed by atoms with Gasteiger partial charge < -0.3 is 0 Å². The first-order chi connectivity index (χ1) is 5.62. The zero-order chi connectivity index (χ0) is 8.77. The van der Waals surface area contributed by atoms with Crippen molar-refractivity contribution in [2.24, 2.45) is 5.92 Å². The van der Waals surface area contributed by atoms with Crippen LogP contribution in [0, 0.1) is 5.92 Å². The molecule has 1 unspecified atom stereocenters. The minimum absolute atomic E-state index is 0. The molecule has 0 aromatic carbocycles. The van der Waals surface area contributed by atoms with Crippen molar-refractivity contribution < 1.29 is 9.50 Å². The van der Waals surface area contributed by atoms with Crippen molar-refractivity contribution in [1.29, 1.82) is 0 Å². The molecule has 0 spiro atoms. The molecule has 13 heavy (non-hydrogen) atoms. The topological polar surface area (TPSA) is 20.3 Å². The first-order valence-corrected chi connectivity index (χ1v) is 4.87. The molecule has 2 aliphatic heterocycles. The third-order valence-electron chi connectivity index (χ3n) is 3.61. The molecule has 0 N–H and O–H groups in total. The first-order valence-electron chi connectivity index (χ1n) is 4.87. The lowest BCUT2D eigenvalue weighted by Gasteiger charge is -2.26. The second-order valence-electron chi connectivity index (χ2n) is 4.56. The Morgan fingerprint density at radius 2 is 2.23 bits per heavy atom. The van der Waals surface area contributed by atoms with Crippen molar-refractivity contribution in [2.75, 3.05) is 13.1 Å². The van der Waals surface area contributed by atoms with Gasteiger partial charge >= 0.3 is 0 Å². The van der Waals surface area contributed by atoms with Crippen LogP contribution in [0.2, 0.25) is 0 Å². The Morgan fingerprint density at radius 1 is 1.54 bits per heavy atom. The SMILES string of the molecule is CC(=O)C1CN2CCC[C@@]2(C)C1.F. The highest BCUT2D eigenvalue weighted by molar-refractivity contribution is 5.79. The van der Waals surface area contributed by atoms with Crippen LogP contribution in [-0.4, -0.2) is 29.3 Å². The highest BCUT2D eigenvalue weighted by Crippen LogP contribution is 2.41. The highest BCUT2D eigenvalue weighted by Gasteiger charge is 2.45. The van der Waals surface area contributed by atoms with Gasteiger partial charge in [-0.3, -0.25) is 14.4 Å². The fraction of sp³-hybridized carbons (Fsp3) is 0.900. The number of ketones is 1. The molecule has 2 heterocycles. The minimum atomic E-state index is 0. The van der Waals surface area contributed by atoms with Gasteiger partial charge in [0.05, 0.1) is 0 Å². The van der Waals surface area contributed by atoms with E-state index in [0.717, 1.165) is 13.0 Å². The first kappa shape index (κ1) is 10.6. The molecule has 3 heteroatoms. The van der Waals surface area contributed by atoms with Crippen molar-refractivity contribution in [3.63, 3.8) is 0 Å². The van der Waals surface area contributed by atoms with E-state index in [1.807, 2.05) is 0 Å². The largest absolute Gasteiger partial charge is 0.300 e. The Morgan fingerprint density at radius 3 is 2.77 bits per heavy atom. The van der Waals surface area contributed by atoms with Gasteiger partial charge in [-0.15, -0.1) is 0 Å². The van der Waals surface area contributed by atoms with Gasteiger partial charge in [-0.2, -0.15) is 0 Å². The molecule has 2 aliphatic rings. The summed E-state index contributed by atoms with van der Waals surface area (Å²) >= 11 is 0. The van der Waals surface area contributed by atoms with Crippen molar-refractivity contribution in [3.05, 3.63) is 0 Å². The molecule has 2 atom stereocenters. The Kier molecular flexibility index (Phi) is 2.76. The van der Waals surface area contributed by atoms with E-state index in [1.165, 1.54) is 19.4 Å². The Labute approximate surface area is 78.7 Å². The second-order valence-corrected chi connectivity index (χ2v) is 4.56. The molecule has 76 valence electrons. The lowest BCUT2D eigenvalue weighted by atomic mass is 9.90. The third-order valence-corrected chi connectivity index (χ3v) is 3.61. The summed E-state index contributed by atoms with van der Waals surface area (Å²) in [5, 5.41) is 0. The van der Waals surface area contributed by atoms with Crippen LogP contribution in [-0.2, 0) is 4.79 Å². The Bertz CT molecular complexity index is 219. The number of rotatable bonds is 1. The van der Waals surface area contributed by atoms with Crippen LogP contribution in [0.1, 0.15) is 33.1 Å². The van der Waals surface area contributed by atoms with Crippen LogP contribution in [0.5, 0.6) is 0 Å². The quantitative estimate of drug-likeness (QED) is 0.621. The predicted octanol–water partition coefficient (Wildman–Crippen LogP) is 1.60. The number of fused-ring (bicyclic) bond motifs is 1. The van der Waals surface area contributed by atoms with Crippen LogP contribution in [0.15, 0.2) is 0 Å². The second kappa shape index (κ2) is 3.37. The van der Waals surface area contributed by atoms with E-state index in [0.29, 0.717) is 17.2 Å². The molecule has 0 bridgehead atoms. The van der Waals surface area contributed by atoms with Gasteiger partial charge in [0, 0.05) is 18.0 Å². The fourth-order valence-corrected chi connectivity index (χ4v) is 2.76. The minimum Gasteiger partial charge on any atom is -0.300 e. The summed E-state index contributed by atoms with van der Waals surface area (Å²) in [5.41, 5.74) is 0.371. The lowest BCUT2D eigenvalue weighted by Crippen LogP contribution is -2.34. The average molecular weight is 187 g/mol. The van der Waals surface area contributed by atoms with Crippen molar-refractivity contribution in [1.82, 2.24) is 4.90 Å². The van der Waals surface area contributed by atoms with Crippen LogP contribution in [0.3, 0.4) is 0 Å². The summed E-state index contributed by atoms with van der Waals surface area (Å²) in [5.74, 6) is 0.709. The zero-order valence-electron chi connectivity index (χ0n) is 8.38. The molecule has 0 aliphatic carbocycles. The molecule has 2 rings (SSSR count). The van der Waals surface area contributed by atoms with Gasteiger partial charge in [-0.25, -0.2) is 0 Å². The van der Waals surface area contributed by atoms with E-state index < -0.39 is 0 Å². The molecule has 0 amide bonds. The number of Topliss-reactive ketones (excluding diaryl/α,β-unsaturated/α-hetero) is 1. The number of carbonyl (C=O) groups is 1. The van der Waals surface area contributed by atoms with Crippen molar-refractivity contribution in [3.8, 4) is 0 Å². The number of nitrogens with zero attached hydrogens (tertiary/aromatic N) is 1. The Hall–Kier alpha value is -0.440. The van der Waals surface area contributed by atoms with Crippen molar-refractivity contribution in [2.45, 2.75) is 38.6 Å². The van der Waals surface area contributed by atoms with E-state index in [2.05, 4.69) is 11.8 Å². The number of hydrogen-bond acceptors (Lipinski definition) is 2. The summed E-state index contributed by atoms with van der Waals surface area (Å²) in [6, 6.07) is 0. The third kappa shape index (κ3) is 1.62. The maximum Gasteiger partial charge on any atom is 0.134 e. The molecular weight excluding hydrogens is 169 g/mol. The maximum atomic E-state index is 11.2. The summed E-state index contributed by atoms with van der Waals surface area (Å²) < 4.78 is 0. The van der Waals surface area contributed by atoms with Gasteiger partial charge in [0.2, 0.25) is 0 Å². The van der Waals surface area contributed by atoms with Gasteiger partial charge in [-0.05, 0) is 39.7 Å². The molecule has 2 nitrogen and oxygen atoms in total. The molecule has 0 radical (unpaired) electrons. The molecule has 0 aromatic heterocycles. The van der Waals surface area contributed by atoms with Gasteiger partial charge in [0.15, 0.2) is 0 Å². The lowest BCUT2D eigenvalue weighted by molar-refractivity contribution is -0.120. The van der Waals surface area contributed by atoms with Crippen molar-refractivity contribution >= 4 is 5.78 Å². The smallest absolute Gasteiger partial charge is 0.134 e. The number of halogens is 1. The average Bonchev–Trinajstić information content (AvgIpc) is 2.41. The summed E-state index contributed by atoms with van der Waals surface area (Å²) in [6.45, 7) is 6.27. The van der Waals surface area contributed by atoms with E-state index in [1.54, 1.807) is 6.92 Å².